The van der Waals surface area contributed by atoms with Crippen LogP contribution in [0, 0.1) is 0 Å². The van der Waals surface area contributed by atoms with Crippen LogP contribution in [0.5, 0.6) is 0 Å². The zero-order valence-electron chi connectivity index (χ0n) is 5.75. The Balaban J connectivity index is 4.08. The van der Waals surface area contributed by atoms with Crippen molar-refractivity contribution in [3.05, 3.63) is 0 Å². The predicted molar refractivity (Wildman–Crippen MR) is 36.3 cm³/mol. The highest BCUT2D eigenvalue weighted by atomic mass is 32.2. The van der Waals surface area contributed by atoms with Gasteiger partial charge in [-0.15, -0.1) is 0 Å². The number of hydrogen-bond donors (Lipinski definition) is 1. The van der Waals surface area contributed by atoms with Crippen LogP contribution in [-0.2, 0) is 10.2 Å². The van der Waals surface area contributed by atoms with Crippen molar-refractivity contribution < 1.29 is 12.8 Å². The van der Waals surface area contributed by atoms with Crippen molar-refractivity contribution in [3.63, 3.8) is 0 Å². The zero-order valence-corrected chi connectivity index (χ0v) is 6.57. The lowest BCUT2D eigenvalue weighted by Crippen LogP contribution is -2.37. The Labute approximate surface area is 60.0 Å². The maximum atomic E-state index is 11.6. The quantitative estimate of drug-likeness (QED) is 0.617. The first-order valence-electron chi connectivity index (χ1n) is 2.86. The fraction of sp³-hybridized carbons (Fsp3) is 1.00. The Morgan fingerprint density at radius 3 is 2.20 bits per heavy atom. The molecule has 0 aliphatic heterocycles. The van der Waals surface area contributed by atoms with Crippen molar-refractivity contribution in [2.45, 2.75) is 6.92 Å². The molecule has 0 unspecified atom stereocenters. The summed E-state index contributed by atoms with van der Waals surface area (Å²) in [5.74, 6) is 0. The first-order chi connectivity index (χ1) is 4.52. The fourth-order valence-corrected chi connectivity index (χ4v) is 1.24. The highest BCUT2D eigenvalue weighted by Gasteiger charge is 2.13. The monoisotopic (exact) mass is 170 g/mol. The molecule has 0 saturated heterocycles. The number of nitrogens with zero attached hydrogens (tertiary/aromatic N) is 1. The Morgan fingerprint density at radius 1 is 1.60 bits per heavy atom. The van der Waals surface area contributed by atoms with Gasteiger partial charge in [0.15, 0.2) is 0 Å². The molecule has 0 aliphatic rings. The summed E-state index contributed by atoms with van der Waals surface area (Å²) in [6.07, 6.45) is 0. The van der Waals surface area contributed by atoms with Crippen molar-refractivity contribution in [1.82, 2.24) is 4.31 Å². The van der Waals surface area contributed by atoms with Crippen LogP contribution in [0.25, 0.3) is 0 Å². The normalized spacial score (nSPS) is 12.4. The average Bonchev–Trinajstić information content (AvgIpc) is 1.80. The van der Waals surface area contributed by atoms with Gasteiger partial charge in [-0.05, 0) is 0 Å². The van der Waals surface area contributed by atoms with Gasteiger partial charge < -0.3 is 0 Å². The van der Waals surface area contributed by atoms with Crippen LogP contribution in [-0.4, -0.2) is 32.5 Å². The van der Waals surface area contributed by atoms with E-state index >= 15 is 0 Å². The van der Waals surface area contributed by atoms with Crippen LogP contribution in [0.2, 0.25) is 0 Å². The number of hydrogen-bond acceptors (Lipinski definition) is 2. The summed E-state index contributed by atoms with van der Waals surface area (Å²) < 4.78 is 33.4. The van der Waals surface area contributed by atoms with E-state index in [2.05, 4.69) is 0 Å². The molecule has 0 amide bonds. The molecule has 0 aromatic heterocycles. The van der Waals surface area contributed by atoms with E-state index in [-0.39, 0.29) is 13.1 Å². The van der Waals surface area contributed by atoms with Crippen LogP contribution in [0.15, 0.2) is 0 Å². The number of nitrogens with two attached hydrogens (primary N) is 1. The second-order valence-corrected chi connectivity index (χ2v) is 3.27. The molecule has 2 N–H and O–H groups in total. The highest BCUT2D eigenvalue weighted by Crippen LogP contribution is 1.92. The minimum Gasteiger partial charge on any atom is -0.250 e. The van der Waals surface area contributed by atoms with Gasteiger partial charge in [0.2, 0.25) is 0 Å². The Hall–Kier alpha value is -0.200. The molecular weight excluding hydrogens is 159 g/mol. The van der Waals surface area contributed by atoms with Crippen LogP contribution in [0.4, 0.5) is 4.39 Å². The molecule has 0 aliphatic carbocycles. The summed E-state index contributed by atoms with van der Waals surface area (Å²) in [6, 6.07) is 0. The van der Waals surface area contributed by atoms with E-state index in [0.717, 1.165) is 4.31 Å². The van der Waals surface area contributed by atoms with Gasteiger partial charge in [-0.25, -0.2) is 9.53 Å². The van der Waals surface area contributed by atoms with Gasteiger partial charge in [0.1, 0.15) is 6.67 Å². The molecule has 0 saturated carbocycles. The fourth-order valence-electron chi connectivity index (χ4n) is 0.560. The maximum absolute atomic E-state index is 11.6. The molecule has 0 spiro atoms. The first kappa shape index (κ1) is 9.80. The molecule has 0 radical (unpaired) electrons. The largest absolute Gasteiger partial charge is 0.276 e. The summed E-state index contributed by atoms with van der Waals surface area (Å²) in [7, 11) is -3.68. The molecule has 0 bridgehead atoms. The van der Waals surface area contributed by atoms with E-state index in [1.165, 1.54) is 0 Å². The molecule has 4 nitrogen and oxygen atoms in total. The van der Waals surface area contributed by atoms with E-state index in [0.29, 0.717) is 0 Å². The minimum atomic E-state index is -3.68. The van der Waals surface area contributed by atoms with Crippen LogP contribution in [0.3, 0.4) is 0 Å². The Kier molecular flexibility index (Phi) is 3.77. The molecule has 0 heterocycles. The van der Waals surface area contributed by atoms with Crippen molar-refractivity contribution in [2.75, 3.05) is 19.8 Å². The summed E-state index contributed by atoms with van der Waals surface area (Å²) in [6.45, 7) is 0.947. The van der Waals surface area contributed by atoms with Gasteiger partial charge in [-0.2, -0.15) is 12.7 Å². The molecule has 0 aromatic rings. The molecule has 6 heteroatoms. The summed E-state index contributed by atoms with van der Waals surface area (Å²) in [5.41, 5.74) is 0. The summed E-state index contributed by atoms with van der Waals surface area (Å²) in [4.78, 5) is 0. The minimum absolute atomic E-state index is 0.157. The number of halogens is 1. The van der Waals surface area contributed by atoms with Gasteiger partial charge in [0, 0.05) is 13.1 Å². The predicted octanol–water partition coefficient (Wildman–Crippen LogP) is -0.519. The Bertz CT molecular complexity index is 180. The third-order valence-electron chi connectivity index (χ3n) is 1.05. The maximum Gasteiger partial charge on any atom is 0.276 e. The molecule has 62 valence electrons. The molecular formula is C4H11FN2O2S. The van der Waals surface area contributed by atoms with Gasteiger partial charge in [0.25, 0.3) is 10.2 Å². The second kappa shape index (κ2) is 3.85. The lowest BCUT2D eigenvalue weighted by Gasteiger charge is -2.14. The standard InChI is InChI=1S/C4H11FN2O2S/c1-2-7(4-3-5)10(6,8)9/h2-4H2,1H3,(H2,6,8,9). The molecule has 0 rings (SSSR count). The molecule has 10 heavy (non-hydrogen) atoms. The first-order valence-corrected chi connectivity index (χ1v) is 4.36. The lowest BCUT2D eigenvalue weighted by molar-refractivity contribution is 0.367. The third kappa shape index (κ3) is 3.09. The second-order valence-electron chi connectivity index (χ2n) is 1.73. The SMILES string of the molecule is CCN(CCF)S(N)(=O)=O. The average molecular weight is 170 g/mol. The van der Waals surface area contributed by atoms with Crippen LogP contribution < -0.4 is 5.14 Å². The summed E-state index contributed by atoms with van der Waals surface area (Å²) in [5, 5.41) is 4.71. The van der Waals surface area contributed by atoms with Crippen molar-refractivity contribution in [3.8, 4) is 0 Å². The topological polar surface area (TPSA) is 63.4 Å². The van der Waals surface area contributed by atoms with Crippen LogP contribution in [0.1, 0.15) is 6.92 Å². The smallest absolute Gasteiger partial charge is 0.250 e. The Morgan fingerprint density at radius 2 is 2.10 bits per heavy atom. The van der Waals surface area contributed by atoms with Gasteiger partial charge in [0.05, 0.1) is 0 Å². The van der Waals surface area contributed by atoms with E-state index in [4.69, 9.17) is 5.14 Å². The molecule has 0 fully saturated rings. The molecule has 0 atom stereocenters. The lowest BCUT2D eigenvalue weighted by atomic mass is 10.6. The van der Waals surface area contributed by atoms with Gasteiger partial charge in [-0.3, -0.25) is 0 Å². The van der Waals surface area contributed by atoms with Crippen molar-refractivity contribution in [1.29, 1.82) is 0 Å². The number of alkyl halides is 1. The highest BCUT2D eigenvalue weighted by molar-refractivity contribution is 7.86. The van der Waals surface area contributed by atoms with Crippen molar-refractivity contribution in [2.24, 2.45) is 5.14 Å². The van der Waals surface area contributed by atoms with Crippen molar-refractivity contribution >= 4 is 10.2 Å². The van der Waals surface area contributed by atoms with E-state index in [9.17, 15) is 12.8 Å². The van der Waals surface area contributed by atoms with Gasteiger partial charge >= 0.3 is 0 Å². The summed E-state index contributed by atoms with van der Waals surface area (Å²) >= 11 is 0. The van der Waals surface area contributed by atoms with E-state index in [1.54, 1.807) is 6.92 Å². The number of rotatable bonds is 4. The van der Waals surface area contributed by atoms with E-state index < -0.39 is 16.9 Å². The molecule has 0 aromatic carbocycles. The third-order valence-corrected chi connectivity index (χ3v) is 2.21. The van der Waals surface area contributed by atoms with Gasteiger partial charge in [-0.1, -0.05) is 6.92 Å². The zero-order chi connectivity index (χ0) is 8.20. The van der Waals surface area contributed by atoms with Crippen LogP contribution >= 0.6 is 0 Å². The van der Waals surface area contributed by atoms with E-state index in [1.807, 2.05) is 0 Å².